The molecular formula is C20H15FN2O2S. The fourth-order valence-electron chi connectivity index (χ4n) is 2.31. The average molecular weight is 366 g/mol. The molecule has 6 heteroatoms. The number of anilines is 1. The van der Waals surface area contributed by atoms with Crippen molar-refractivity contribution >= 4 is 34.9 Å². The fourth-order valence-corrected chi connectivity index (χ4v) is 3.25. The molecule has 130 valence electrons. The van der Waals surface area contributed by atoms with E-state index in [2.05, 4.69) is 5.32 Å². The third-order valence-electron chi connectivity index (χ3n) is 3.60. The first-order valence-electron chi connectivity index (χ1n) is 7.76. The zero-order valence-electron chi connectivity index (χ0n) is 13.6. The highest BCUT2D eigenvalue weighted by atomic mass is 32.1. The van der Waals surface area contributed by atoms with Crippen molar-refractivity contribution in [2.75, 3.05) is 5.32 Å². The van der Waals surface area contributed by atoms with Crippen LogP contribution in [0.4, 0.5) is 10.1 Å². The Labute approximate surface area is 153 Å². The minimum atomic E-state index is -0.522. The van der Waals surface area contributed by atoms with Crippen LogP contribution in [0.2, 0.25) is 0 Å². The van der Waals surface area contributed by atoms with E-state index >= 15 is 0 Å². The summed E-state index contributed by atoms with van der Waals surface area (Å²) in [5.41, 5.74) is 6.64. The van der Waals surface area contributed by atoms with Gasteiger partial charge in [-0.3, -0.25) is 9.59 Å². The monoisotopic (exact) mass is 366 g/mol. The lowest BCUT2D eigenvalue weighted by atomic mass is 10.2. The lowest BCUT2D eigenvalue weighted by Crippen LogP contribution is -2.11. The van der Waals surface area contributed by atoms with Gasteiger partial charge in [-0.2, -0.15) is 0 Å². The Kier molecular flexibility index (Phi) is 5.24. The normalized spacial score (nSPS) is 10.8. The molecule has 3 rings (SSSR count). The lowest BCUT2D eigenvalue weighted by molar-refractivity contribution is -0.111. The van der Waals surface area contributed by atoms with Gasteiger partial charge in [0.2, 0.25) is 11.8 Å². The topological polar surface area (TPSA) is 72.2 Å². The molecule has 1 aromatic heterocycles. The van der Waals surface area contributed by atoms with Crippen molar-refractivity contribution in [3.8, 4) is 10.4 Å². The maximum Gasteiger partial charge on any atom is 0.248 e. The SMILES string of the molecule is NC(=O)c1ccc(NC(=O)C=Cc2ccc(-c3ccccc3F)s2)cc1. The molecule has 4 nitrogen and oxygen atoms in total. The third-order valence-corrected chi connectivity index (χ3v) is 4.69. The van der Waals surface area contributed by atoms with Crippen molar-refractivity contribution in [1.29, 1.82) is 0 Å². The minimum Gasteiger partial charge on any atom is -0.366 e. The molecule has 0 saturated carbocycles. The molecule has 2 aromatic carbocycles. The standard InChI is InChI=1S/C20H15FN2O2S/c21-17-4-2-1-3-16(17)18-11-9-15(26-18)10-12-19(24)23-14-7-5-13(6-8-14)20(22)25/h1-12H,(H2,22,25)(H,23,24). The largest absolute Gasteiger partial charge is 0.366 e. The van der Waals surface area contributed by atoms with Gasteiger partial charge in [-0.15, -0.1) is 11.3 Å². The quantitative estimate of drug-likeness (QED) is 0.661. The number of primary amides is 1. The maximum absolute atomic E-state index is 13.8. The smallest absolute Gasteiger partial charge is 0.248 e. The summed E-state index contributed by atoms with van der Waals surface area (Å²) in [6.45, 7) is 0. The summed E-state index contributed by atoms with van der Waals surface area (Å²) in [5.74, 6) is -1.11. The van der Waals surface area contributed by atoms with Gasteiger partial charge in [-0.1, -0.05) is 18.2 Å². The second kappa shape index (κ2) is 7.76. The Balaban J connectivity index is 1.65. The van der Waals surface area contributed by atoms with Crippen LogP contribution in [-0.4, -0.2) is 11.8 Å². The first-order chi connectivity index (χ1) is 12.5. The molecule has 0 spiro atoms. The number of benzene rings is 2. The zero-order valence-corrected chi connectivity index (χ0v) is 14.4. The fraction of sp³-hybridized carbons (Fsp3) is 0. The van der Waals surface area contributed by atoms with Crippen molar-refractivity contribution in [2.24, 2.45) is 5.73 Å². The lowest BCUT2D eigenvalue weighted by Gasteiger charge is -2.02. The molecule has 0 aliphatic carbocycles. The summed E-state index contributed by atoms with van der Waals surface area (Å²) < 4.78 is 13.8. The van der Waals surface area contributed by atoms with Gasteiger partial charge in [0, 0.05) is 32.6 Å². The first kappa shape index (κ1) is 17.6. The Morgan fingerprint density at radius 1 is 1.00 bits per heavy atom. The highest BCUT2D eigenvalue weighted by molar-refractivity contribution is 7.16. The van der Waals surface area contributed by atoms with E-state index in [9.17, 15) is 14.0 Å². The zero-order chi connectivity index (χ0) is 18.5. The molecule has 0 unspecified atom stereocenters. The second-order valence-electron chi connectivity index (χ2n) is 5.45. The molecule has 0 aliphatic heterocycles. The molecule has 0 fully saturated rings. The van der Waals surface area contributed by atoms with Crippen molar-refractivity contribution in [1.82, 2.24) is 0 Å². The Hall–Kier alpha value is -3.25. The van der Waals surface area contributed by atoms with Crippen molar-refractivity contribution < 1.29 is 14.0 Å². The number of hydrogen-bond donors (Lipinski definition) is 2. The highest BCUT2D eigenvalue weighted by Crippen LogP contribution is 2.30. The van der Waals surface area contributed by atoms with Crippen LogP contribution in [0.3, 0.4) is 0 Å². The number of hydrogen-bond acceptors (Lipinski definition) is 3. The highest BCUT2D eigenvalue weighted by Gasteiger charge is 2.06. The maximum atomic E-state index is 13.8. The van der Waals surface area contributed by atoms with Crippen molar-refractivity contribution in [2.45, 2.75) is 0 Å². The number of thiophene rings is 1. The molecule has 2 amide bonds. The summed E-state index contributed by atoms with van der Waals surface area (Å²) in [7, 11) is 0. The predicted molar refractivity (Wildman–Crippen MR) is 102 cm³/mol. The molecule has 3 N–H and O–H groups in total. The van der Waals surface area contributed by atoms with E-state index in [0.717, 1.165) is 9.75 Å². The molecule has 0 aliphatic rings. The van der Waals surface area contributed by atoms with Crippen molar-refractivity contribution in [3.63, 3.8) is 0 Å². The number of nitrogens with one attached hydrogen (secondary N) is 1. The van der Waals surface area contributed by atoms with E-state index in [1.165, 1.54) is 23.5 Å². The van der Waals surface area contributed by atoms with E-state index in [0.29, 0.717) is 16.8 Å². The Morgan fingerprint density at radius 3 is 2.42 bits per heavy atom. The Bertz CT molecular complexity index is 977. The van der Waals surface area contributed by atoms with Crippen LogP contribution in [0, 0.1) is 5.82 Å². The summed E-state index contributed by atoms with van der Waals surface area (Å²) >= 11 is 1.40. The van der Waals surface area contributed by atoms with Gasteiger partial charge in [0.1, 0.15) is 5.82 Å². The second-order valence-corrected chi connectivity index (χ2v) is 6.56. The van der Waals surface area contributed by atoms with Crippen LogP contribution in [0.15, 0.2) is 66.7 Å². The number of carbonyl (C=O) groups excluding carboxylic acids is 2. The van der Waals surface area contributed by atoms with Crippen LogP contribution < -0.4 is 11.1 Å². The van der Waals surface area contributed by atoms with Crippen molar-refractivity contribution in [3.05, 3.63) is 83.0 Å². The molecule has 1 heterocycles. The number of rotatable bonds is 5. The number of carbonyl (C=O) groups is 2. The van der Waals surface area contributed by atoms with Crippen LogP contribution in [-0.2, 0) is 4.79 Å². The first-order valence-corrected chi connectivity index (χ1v) is 8.58. The summed E-state index contributed by atoms with van der Waals surface area (Å²) in [5, 5.41) is 2.69. The molecule has 0 bridgehead atoms. The van der Waals surface area contributed by atoms with Gasteiger partial charge in [0.15, 0.2) is 0 Å². The van der Waals surface area contributed by atoms with Gasteiger partial charge >= 0.3 is 0 Å². The number of amides is 2. The van der Waals surface area contributed by atoms with Crippen LogP contribution >= 0.6 is 11.3 Å². The predicted octanol–water partition coefficient (Wildman–Crippen LogP) is 4.31. The number of halogens is 1. The van der Waals surface area contributed by atoms with Gasteiger partial charge in [-0.25, -0.2) is 4.39 Å². The molecular weight excluding hydrogens is 351 g/mol. The van der Waals surface area contributed by atoms with Gasteiger partial charge in [0.25, 0.3) is 0 Å². The molecule has 0 saturated heterocycles. The molecule has 0 atom stereocenters. The van der Waals surface area contributed by atoms with Crippen LogP contribution in [0.25, 0.3) is 16.5 Å². The summed E-state index contributed by atoms with van der Waals surface area (Å²) in [4.78, 5) is 24.6. The van der Waals surface area contributed by atoms with E-state index in [4.69, 9.17) is 5.73 Å². The van der Waals surface area contributed by atoms with Gasteiger partial charge in [-0.05, 0) is 48.5 Å². The van der Waals surface area contributed by atoms with E-state index in [-0.39, 0.29) is 11.7 Å². The van der Waals surface area contributed by atoms with Crippen LogP contribution in [0.5, 0.6) is 0 Å². The van der Waals surface area contributed by atoms with Crippen LogP contribution in [0.1, 0.15) is 15.2 Å². The molecule has 26 heavy (non-hydrogen) atoms. The van der Waals surface area contributed by atoms with E-state index in [1.54, 1.807) is 48.5 Å². The third kappa shape index (κ3) is 4.23. The van der Waals surface area contributed by atoms with E-state index in [1.807, 2.05) is 12.1 Å². The average Bonchev–Trinajstić information content (AvgIpc) is 3.09. The Morgan fingerprint density at radius 2 is 1.73 bits per heavy atom. The summed E-state index contributed by atoms with van der Waals surface area (Å²) in [6.07, 6.45) is 3.07. The van der Waals surface area contributed by atoms with Gasteiger partial charge in [0.05, 0.1) is 0 Å². The van der Waals surface area contributed by atoms with E-state index < -0.39 is 5.91 Å². The molecule has 0 radical (unpaired) electrons. The molecule has 3 aromatic rings. The number of nitrogens with two attached hydrogens (primary N) is 1. The summed E-state index contributed by atoms with van der Waals surface area (Å²) in [6, 6.07) is 16.5. The minimum absolute atomic E-state index is 0.276. The van der Waals surface area contributed by atoms with Gasteiger partial charge < -0.3 is 11.1 Å².